The Labute approximate surface area is 129 Å². The van der Waals surface area contributed by atoms with Crippen molar-refractivity contribution in [3.63, 3.8) is 0 Å². The fourth-order valence-electron chi connectivity index (χ4n) is 2.53. The number of amides is 1. The van der Waals surface area contributed by atoms with Gasteiger partial charge in [0.2, 0.25) is 10.0 Å². The van der Waals surface area contributed by atoms with Gasteiger partial charge in [-0.25, -0.2) is 8.42 Å². The van der Waals surface area contributed by atoms with Crippen molar-refractivity contribution in [2.45, 2.75) is 17.9 Å². The van der Waals surface area contributed by atoms with Crippen LogP contribution in [-0.4, -0.2) is 62.9 Å². The van der Waals surface area contributed by atoms with Gasteiger partial charge >= 0.3 is 0 Å². The lowest BCUT2D eigenvalue weighted by Crippen LogP contribution is -2.47. The number of ether oxygens (including phenoxy) is 1. The molecule has 2 heterocycles. The lowest BCUT2D eigenvalue weighted by atomic mass is 10.2. The molecule has 2 aliphatic heterocycles. The third kappa shape index (κ3) is 2.69. The Morgan fingerprint density at radius 3 is 2.59 bits per heavy atom. The van der Waals surface area contributed by atoms with Gasteiger partial charge in [-0.15, -0.1) is 0 Å². The molecule has 0 aliphatic carbocycles. The predicted molar refractivity (Wildman–Crippen MR) is 81.4 cm³/mol. The molecule has 0 bridgehead atoms. The molecule has 22 heavy (non-hydrogen) atoms. The molecule has 2 aliphatic rings. The number of carbonyl (C=O) groups is 1. The molecule has 1 atom stereocenters. The SMILES string of the molecule is CC1Oc2ccc(S(=O)(=O)N3CCN(C)CC3)cc2NC1=O. The van der Waals surface area contributed by atoms with Crippen LogP contribution in [-0.2, 0) is 14.8 Å². The second-order valence-electron chi connectivity index (χ2n) is 5.61. The van der Waals surface area contributed by atoms with E-state index in [0.29, 0.717) is 37.6 Å². The Morgan fingerprint density at radius 1 is 1.23 bits per heavy atom. The van der Waals surface area contributed by atoms with E-state index in [9.17, 15) is 13.2 Å². The van der Waals surface area contributed by atoms with Gasteiger partial charge < -0.3 is 15.0 Å². The fourth-order valence-corrected chi connectivity index (χ4v) is 3.97. The molecule has 0 spiro atoms. The molecular formula is C14H19N3O4S. The number of sulfonamides is 1. The van der Waals surface area contributed by atoms with Crippen molar-refractivity contribution in [3.8, 4) is 5.75 Å². The third-order valence-electron chi connectivity index (χ3n) is 3.98. The van der Waals surface area contributed by atoms with Crippen LogP contribution in [0.5, 0.6) is 5.75 Å². The second-order valence-corrected chi connectivity index (χ2v) is 7.55. The molecule has 3 rings (SSSR count). The quantitative estimate of drug-likeness (QED) is 0.848. The van der Waals surface area contributed by atoms with E-state index in [1.54, 1.807) is 13.0 Å². The molecule has 1 N–H and O–H groups in total. The number of carbonyl (C=O) groups excluding carboxylic acids is 1. The lowest BCUT2D eigenvalue weighted by molar-refractivity contribution is -0.122. The van der Waals surface area contributed by atoms with Gasteiger partial charge in [0.1, 0.15) is 5.75 Å². The molecule has 0 saturated carbocycles. The molecule has 0 radical (unpaired) electrons. The van der Waals surface area contributed by atoms with Gasteiger partial charge in [0.15, 0.2) is 6.10 Å². The Hall–Kier alpha value is -1.64. The highest BCUT2D eigenvalue weighted by Crippen LogP contribution is 2.32. The van der Waals surface area contributed by atoms with Gasteiger partial charge in [-0.1, -0.05) is 0 Å². The zero-order chi connectivity index (χ0) is 15.9. The summed E-state index contributed by atoms with van der Waals surface area (Å²) < 4.78 is 32.3. The van der Waals surface area contributed by atoms with Crippen molar-refractivity contribution in [3.05, 3.63) is 18.2 Å². The van der Waals surface area contributed by atoms with E-state index < -0.39 is 16.1 Å². The van der Waals surface area contributed by atoms with Gasteiger partial charge in [-0.2, -0.15) is 4.31 Å². The maximum Gasteiger partial charge on any atom is 0.265 e. The first-order valence-electron chi connectivity index (χ1n) is 7.18. The van der Waals surface area contributed by atoms with Gasteiger partial charge in [0.25, 0.3) is 5.91 Å². The summed E-state index contributed by atoms with van der Waals surface area (Å²) in [5, 5.41) is 2.68. The van der Waals surface area contributed by atoms with Crippen LogP contribution in [0, 0.1) is 0 Å². The van der Waals surface area contributed by atoms with Crippen LogP contribution in [0.2, 0.25) is 0 Å². The van der Waals surface area contributed by atoms with Crippen LogP contribution in [0.25, 0.3) is 0 Å². The smallest absolute Gasteiger partial charge is 0.265 e. The lowest BCUT2D eigenvalue weighted by Gasteiger charge is -2.32. The number of piperazine rings is 1. The first-order valence-corrected chi connectivity index (χ1v) is 8.62. The average molecular weight is 325 g/mol. The minimum absolute atomic E-state index is 0.175. The number of likely N-dealkylation sites (N-methyl/N-ethyl adjacent to an activating group) is 1. The number of benzene rings is 1. The zero-order valence-corrected chi connectivity index (χ0v) is 13.4. The van der Waals surface area contributed by atoms with Crippen LogP contribution >= 0.6 is 0 Å². The van der Waals surface area contributed by atoms with E-state index in [1.165, 1.54) is 16.4 Å². The Morgan fingerprint density at radius 2 is 1.91 bits per heavy atom. The summed E-state index contributed by atoms with van der Waals surface area (Å²) in [5.41, 5.74) is 0.401. The maximum atomic E-state index is 12.7. The minimum atomic E-state index is -3.55. The summed E-state index contributed by atoms with van der Waals surface area (Å²) in [6, 6.07) is 4.58. The number of nitrogens with one attached hydrogen (secondary N) is 1. The summed E-state index contributed by atoms with van der Waals surface area (Å²) in [5.74, 6) is 0.214. The second kappa shape index (κ2) is 5.53. The standard InChI is InChI=1S/C14H19N3O4S/c1-10-14(18)15-12-9-11(3-4-13(12)21-10)22(19,20)17-7-5-16(2)6-8-17/h3-4,9-10H,5-8H2,1-2H3,(H,15,18). The number of hydrogen-bond acceptors (Lipinski definition) is 5. The van der Waals surface area contributed by atoms with Crippen LogP contribution in [0.1, 0.15) is 6.92 Å². The molecule has 1 fully saturated rings. The van der Waals surface area contributed by atoms with Gasteiger partial charge in [0.05, 0.1) is 10.6 Å². The van der Waals surface area contributed by atoms with Crippen LogP contribution < -0.4 is 10.1 Å². The zero-order valence-electron chi connectivity index (χ0n) is 12.6. The van der Waals surface area contributed by atoms with Gasteiger partial charge in [-0.05, 0) is 32.2 Å². The highest BCUT2D eigenvalue weighted by Gasteiger charge is 2.30. The van der Waals surface area contributed by atoms with Crippen LogP contribution in [0.3, 0.4) is 0 Å². The number of fused-ring (bicyclic) bond motifs is 1. The number of nitrogens with zero attached hydrogens (tertiary/aromatic N) is 2. The van der Waals surface area contributed by atoms with Crippen molar-refractivity contribution >= 4 is 21.6 Å². The largest absolute Gasteiger partial charge is 0.479 e. The maximum absolute atomic E-state index is 12.7. The Bertz CT molecular complexity index is 696. The molecule has 1 unspecified atom stereocenters. The molecule has 120 valence electrons. The Balaban J connectivity index is 1.89. The van der Waals surface area contributed by atoms with E-state index in [1.807, 2.05) is 7.05 Å². The van der Waals surface area contributed by atoms with E-state index >= 15 is 0 Å². The monoisotopic (exact) mass is 325 g/mol. The number of rotatable bonds is 2. The summed E-state index contributed by atoms with van der Waals surface area (Å²) in [6.45, 7) is 4.00. The summed E-state index contributed by atoms with van der Waals surface area (Å²) in [6.07, 6.45) is -0.576. The summed E-state index contributed by atoms with van der Waals surface area (Å²) in [4.78, 5) is 13.9. The number of anilines is 1. The van der Waals surface area contributed by atoms with Crippen molar-refractivity contribution in [2.24, 2.45) is 0 Å². The van der Waals surface area contributed by atoms with E-state index in [2.05, 4.69) is 10.2 Å². The highest BCUT2D eigenvalue weighted by molar-refractivity contribution is 7.89. The minimum Gasteiger partial charge on any atom is -0.479 e. The molecule has 7 nitrogen and oxygen atoms in total. The predicted octanol–water partition coefficient (Wildman–Crippen LogP) is 0.342. The van der Waals surface area contributed by atoms with E-state index in [4.69, 9.17) is 4.74 Å². The molecule has 0 aromatic heterocycles. The van der Waals surface area contributed by atoms with Crippen LogP contribution in [0.4, 0.5) is 5.69 Å². The summed E-state index contributed by atoms with van der Waals surface area (Å²) >= 11 is 0. The normalized spacial score (nSPS) is 23.5. The van der Waals surface area contributed by atoms with Crippen molar-refractivity contribution in [1.29, 1.82) is 0 Å². The van der Waals surface area contributed by atoms with E-state index in [-0.39, 0.29) is 10.8 Å². The fraction of sp³-hybridized carbons (Fsp3) is 0.500. The first-order chi connectivity index (χ1) is 10.4. The molecular weight excluding hydrogens is 306 g/mol. The molecule has 1 saturated heterocycles. The third-order valence-corrected chi connectivity index (χ3v) is 5.88. The summed E-state index contributed by atoms with van der Waals surface area (Å²) in [7, 11) is -1.58. The molecule has 1 amide bonds. The highest BCUT2D eigenvalue weighted by atomic mass is 32.2. The topological polar surface area (TPSA) is 79.0 Å². The first kappa shape index (κ1) is 15.3. The van der Waals surface area contributed by atoms with Crippen molar-refractivity contribution < 1.29 is 17.9 Å². The molecule has 1 aromatic rings. The number of hydrogen-bond donors (Lipinski definition) is 1. The van der Waals surface area contributed by atoms with Gasteiger partial charge in [0, 0.05) is 26.2 Å². The van der Waals surface area contributed by atoms with Crippen molar-refractivity contribution in [1.82, 2.24) is 9.21 Å². The van der Waals surface area contributed by atoms with Crippen molar-refractivity contribution in [2.75, 3.05) is 38.5 Å². The Kier molecular flexibility index (Phi) is 3.84. The molecule has 8 heteroatoms. The van der Waals surface area contributed by atoms with E-state index in [0.717, 1.165) is 0 Å². The average Bonchev–Trinajstić information content (AvgIpc) is 2.48. The molecule has 1 aromatic carbocycles. The van der Waals surface area contributed by atoms with Crippen LogP contribution in [0.15, 0.2) is 23.1 Å². The van der Waals surface area contributed by atoms with Gasteiger partial charge in [-0.3, -0.25) is 4.79 Å².